The second kappa shape index (κ2) is 17.1. The summed E-state index contributed by atoms with van der Waals surface area (Å²) in [7, 11) is 0. The summed E-state index contributed by atoms with van der Waals surface area (Å²) < 4.78 is 41.2. The van der Waals surface area contributed by atoms with Crippen molar-refractivity contribution in [3.8, 4) is 6.07 Å². The molecule has 1 aliphatic carbocycles. The molecule has 0 spiro atoms. The van der Waals surface area contributed by atoms with Crippen LogP contribution < -0.4 is 20.4 Å². The summed E-state index contributed by atoms with van der Waals surface area (Å²) in [6.45, 7) is 11.1. The maximum absolute atomic E-state index is 13.7. The lowest BCUT2D eigenvalue weighted by molar-refractivity contribution is -0.137. The number of benzene rings is 2. The molecule has 2 aromatic rings. The minimum atomic E-state index is -4.75. The quantitative estimate of drug-likeness (QED) is 0.193. The topological polar surface area (TPSA) is 132 Å². The summed E-state index contributed by atoms with van der Waals surface area (Å²) in [6.07, 6.45) is 2.37. The monoisotopic (exact) mass is 808 g/mol. The molecule has 1 saturated carbocycles. The first-order chi connectivity index (χ1) is 27.0. The lowest BCUT2D eigenvalue weighted by Gasteiger charge is -2.44. The molecular formula is C41H51F3N8O4S. The minimum Gasteiger partial charge on any atom is -0.331 e. The van der Waals surface area contributed by atoms with Crippen molar-refractivity contribution in [2.24, 2.45) is 5.92 Å². The van der Waals surface area contributed by atoms with Gasteiger partial charge in [0.15, 0.2) is 5.11 Å². The number of rotatable bonds is 11. The van der Waals surface area contributed by atoms with Gasteiger partial charge in [-0.15, -0.1) is 0 Å². The molecule has 3 heterocycles. The van der Waals surface area contributed by atoms with Crippen LogP contribution in [0.15, 0.2) is 42.5 Å². The van der Waals surface area contributed by atoms with E-state index in [1.165, 1.54) is 15.9 Å². The molecule has 4 aliphatic rings. The average Bonchev–Trinajstić information content (AvgIpc) is 3.33. The number of unbranched alkanes of at least 4 members (excludes halogenated alkanes) is 1. The molecule has 5 amide bonds. The van der Waals surface area contributed by atoms with Crippen LogP contribution in [0.5, 0.6) is 0 Å². The van der Waals surface area contributed by atoms with Crippen molar-refractivity contribution in [2.45, 2.75) is 109 Å². The molecule has 0 bridgehead atoms. The SMILES string of the molecule is C[C@@H]1CN(CCCCC2CCC(N3C(=S)N(c4ccc(C#N)c(C(F)(F)F)c4)C(=O)C3(C)C)CC2)C[C@H](C)N1CC(=O)Nc1cccc(N2CCC(=O)NC2=O)c1. The van der Waals surface area contributed by atoms with Gasteiger partial charge in [0.1, 0.15) is 5.54 Å². The van der Waals surface area contributed by atoms with Crippen LogP contribution in [0.2, 0.25) is 0 Å². The Balaban J connectivity index is 0.929. The Labute approximate surface area is 337 Å². The molecular weight excluding hydrogens is 758 g/mol. The number of halogens is 3. The van der Waals surface area contributed by atoms with Gasteiger partial charge < -0.3 is 15.1 Å². The van der Waals surface area contributed by atoms with E-state index in [4.69, 9.17) is 12.2 Å². The highest BCUT2D eigenvalue weighted by Crippen LogP contribution is 2.41. The molecule has 3 saturated heterocycles. The van der Waals surface area contributed by atoms with E-state index in [2.05, 4.69) is 34.3 Å². The third kappa shape index (κ3) is 9.26. The Bertz CT molecular complexity index is 1920. The van der Waals surface area contributed by atoms with Gasteiger partial charge in [-0.3, -0.25) is 34.4 Å². The highest BCUT2D eigenvalue weighted by Gasteiger charge is 2.52. The molecule has 12 nitrogen and oxygen atoms in total. The zero-order chi connectivity index (χ0) is 41.2. The number of thiocarbonyl (C=S) groups is 1. The van der Waals surface area contributed by atoms with Crippen molar-refractivity contribution in [2.75, 3.05) is 47.8 Å². The number of nitrogens with one attached hydrogen (secondary N) is 2. The normalized spacial score (nSPS) is 24.8. The third-order valence-electron chi connectivity index (χ3n) is 11.9. The first-order valence-corrected chi connectivity index (χ1v) is 20.2. The smallest absolute Gasteiger partial charge is 0.331 e. The van der Waals surface area contributed by atoms with Gasteiger partial charge in [-0.2, -0.15) is 18.4 Å². The van der Waals surface area contributed by atoms with Crippen LogP contribution >= 0.6 is 12.2 Å². The molecule has 0 radical (unpaired) electrons. The number of anilines is 3. The molecule has 2 N–H and O–H groups in total. The van der Waals surface area contributed by atoms with Crippen molar-refractivity contribution in [3.63, 3.8) is 0 Å². The molecule has 0 aromatic heterocycles. The second-order valence-corrected chi connectivity index (χ2v) is 16.7. The van der Waals surface area contributed by atoms with Gasteiger partial charge in [0, 0.05) is 55.6 Å². The molecule has 4 fully saturated rings. The van der Waals surface area contributed by atoms with Gasteiger partial charge in [0.25, 0.3) is 5.91 Å². The van der Waals surface area contributed by atoms with E-state index in [9.17, 15) is 37.6 Å². The Morgan fingerprint density at radius 2 is 1.70 bits per heavy atom. The summed E-state index contributed by atoms with van der Waals surface area (Å²) >= 11 is 5.76. The van der Waals surface area contributed by atoms with E-state index in [-0.39, 0.29) is 66.2 Å². The average molecular weight is 809 g/mol. The van der Waals surface area contributed by atoms with Gasteiger partial charge in [-0.1, -0.05) is 18.9 Å². The summed E-state index contributed by atoms with van der Waals surface area (Å²) in [5, 5.41) is 14.7. The third-order valence-corrected chi connectivity index (χ3v) is 12.3. The standard InChI is InChI=1S/C41H51F3N8O4S/c1-26-23-48(24-27(2)50(26)25-36(54)46-30-9-7-10-32(20-30)49-19-17-35(53)47-38(49)56)18-6-5-8-28-11-14-31(15-12-28)52-39(57)51(37(55)40(52,3)4)33-16-13-29(22-45)34(21-33)41(42,43)44/h7,9-10,13,16,20-21,26-28,31H,5-6,8,11-12,14-15,17-19,23-25H2,1-4H3,(H,46,54)(H,47,53,56)/t26-,27+,28?,31?. The minimum absolute atomic E-state index is 0.000486. The van der Waals surface area contributed by atoms with E-state index in [0.29, 0.717) is 17.3 Å². The fraction of sp³-hybridized carbons (Fsp3) is 0.561. The number of carbonyl (C=O) groups excluding carboxylic acids is 4. The van der Waals surface area contributed by atoms with Gasteiger partial charge in [0.2, 0.25) is 11.8 Å². The first-order valence-electron chi connectivity index (χ1n) is 19.8. The van der Waals surface area contributed by atoms with Crippen LogP contribution in [-0.4, -0.2) is 100.0 Å². The van der Waals surface area contributed by atoms with Crippen LogP contribution in [0.1, 0.15) is 90.2 Å². The van der Waals surface area contributed by atoms with Crippen molar-refractivity contribution < 1.29 is 32.3 Å². The Morgan fingerprint density at radius 3 is 2.35 bits per heavy atom. The molecule has 306 valence electrons. The van der Waals surface area contributed by atoms with E-state index in [1.807, 2.05) is 4.90 Å². The number of carbonyl (C=O) groups is 4. The lowest BCUT2D eigenvalue weighted by Crippen LogP contribution is -2.58. The zero-order valence-electron chi connectivity index (χ0n) is 32.9. The molecule has 0 unspecified atom stereocenters. The second-order valence-electron chi connectivity index (χ2n) is 16.3. The highest BCUT2D eigenvalue weighted by molar-refractivity contribution is 7.80. The lowest BCUT2D eigenvalue weighted by atomic mass is 9.81. The van der Waals surface area contributed by atoms with Gasteiger partial charge in [0.05, 0.1) is 29.4 Å². The van der Waals surface area contributed by atoms with Crippen molar-refractivity contribution in [1.82, 2.24) is 20.0 Å². The number of hydrogen-bond acceptors (Lipinski definition) is 8. The van der Waals surface area contributed by atoms with Gasteiger partial charge in [-0.25, -0.2) is 4.79 Å². The van der Waals surface area contributed by atoms with Gasteiger partial charge >= 0.3 is 12.2 Å². The molecule has 16 heteroatoms. The first kappa shape index (κ1) is 42.0. The largest absolute Gasteiger partial charge is 0.417 e. The highest BCUT2D eigenvalue weighted by atomic mass is 32.1. The number of nitrogens with zero attached hydrogens (tertiary/aromatic N) is 6. The summed E-state index contributed by atoms with van der Waals surface area (Å²) in [5.41, 5.74) is -1.40. The predicted octanol–water partition coefficient (Wildman–Crippen LogP) is 6.50. The molecule has 6 rings (SSSR count). The Kier molecular flexibility index (Phi) is 12.6. The number of amides is 5. The van der Waals surface area contributed by atoms with Crippen molar-refractivity contribution in [3.05, 3.63) is 53.6 Å². The zero-order valence-corrected chi connectivity index (χ0v) is 33.7. The summed E-state index contributed by atoms with van der Waals surface area (Å²) in [6, 6.07) is 11.8. The number of alkyl halides is 3. The van der Waals surface area contributed by atoms with Crippen LogP contribution in [0.25, 0.3) is 0 Å². The van der Waals surface area contributed by atoms with E-state index in [0.717, 1.165) is 76.7 Å². The molecule has 2 atom stereocenters. The van der Waals surface area contributed by atoms with E-state index >= 15 is 0 Å². The predicted molar refractivity (Wildman–Crippen MR) is 214 cm³/mol. The van der Waals surface area contributed by atoms with Crippen molar-refractivity contribution in [1.29, 1.82) is 5.26 Å². The number of nitriles is 1. The molecule has 57 heavy (non-hydrogen) atoms. The number of hydrogen-bond donors (Lipinski definition) is 2. The summed E-state index contributed by atoms with van der Waals surface area (Å²) in [5.74, 6) is -0.258. The molecule has 2 aromatic carbocycles. The number of piperazine rings is 1. The number of imide groups is 1. The van der Waals surface area contributed by atoms with Crippen LogP contribution in [0.4, 0.5) is 35.0 Å². The maximum atomic E-state index is 13.7. The van der Waals surface area contributed by atoms with Crippen LogP contribution in [0.3, 0.4) is 0 Å². The fourth-order valence-corrected chi connectivity index (χ4v) is 9.57. The summed E-state index contributed by atoms with van der Waals surface area (Å²) in [4.78, 5) is 59.9. The molecule has 3 aliphatic heterocycles. The fourth-order valence-electron chi connectivity index (χ4n) is 9.00. The Morgan fingerprint density at radius 1 is 1.00 bits per heavy atom. The van der Waals surface area contributed by atoms with Crippen molar-refractivity contribution >= 4 is 58.1 Å². The van der Waals surface area contributed by atoms with E-state index < -0.39 is 28.9 Å². The van der Waals surface area contributed by atoms with Crippen LogP contribution in [-0.2, 0) is 20.6 Å². The Hall–Kier alpha value is -4.59. The maximum Gasteiger partial charge on any atom is 0.417 e. The van der Waals surface area contributed by atoms with Gasteiger partial charge in [-0.05, 0) is 121 Å². The van der Waals surface area contributed by atoms with E-state index in [1.54, 1.807) is 44.2 Å². The number of urea groups is 1. The van der Waals surface area contributed by atoms with Crippen LogP contribution in [0, 0.1) is 17.2 Å².